The maximum Gasteiger partial charge on any atom is 0.414 e. The van der Waals surface area contributed by atoms with Gasteiger partial charge in [0.1, 0.15) is 11.9 Å². The number of piperazine rings is 2. The Morgan fingerprint density at radius 3 is 1.98 bits per heavy atom. The third-order valence-corrected chi connectivity index (χ3v) is 10.4. The molecule has 0 radical (unpaired) electrons. The molecule has 3 fully saturated rings. The lowest BCUT2D eigenvalue weighted by atomic mass is 10.2. The Balaban J connectivity index is 0.000000228. The van der Waals surface area contributed by atoms with Gasteiger partial charge in [-0.2, -0.15) is 4.98 Å². The zero-order chi connectivity index (χ0) is 42.1. The Bertz CT molecular complexity index is 1780. The molecule has 0 bridgehead atoms. The quantitative estimate of drug-likeness (QED) is 0.0696. The molecular formula is C41H62N12O6. The van der Waals surface area contributed by atoms with Gasteiger partial charge >= 0.3 is 18.2 Å². The molecule has 0 aliphatic carbocycles. The van der Waals surface area contributed by atoms with Crippen LogP contribution in [0.4, 0.5) is 25.8 Å². The largest absolute Gasteiger partial charge is 0.443 e. The van der Waals surface area contributed by atoms with Gasteiger partial charge in [0.05, 0.1) is 12.6 Å². The summed E-state index contributed by atoms with van der Waals surface area (Å²) < 4.78 is 10.6. The summed E-state index contributed by atoms with van der Waals surface area (Å²) in [6, 6.07) is 14.7. The van der Waals surface area contributed by atoms with Crippen LogP contribution < -0.4 is 26.6 Å². The van der Waals surface area contributed by atoms with E-state index >= 15 is 0 Å². The molecule has 3 aliphatic rings. The number of rotatable bonds is 16. The highest BCUT2D eigenvalue weighted by Gasteiger charge is 2.34. The highest BCUT2D eigenvalue weighted by atomic mass is 16.6. The molecule has 0 spiro atoms. The molecule has 0 saturated carbocycles. The molecule has 2 atom stereocenters. The molecule has 2 aromatic carbocycles. The molecule has 6 rings (SSSR count). The summed E-state index contributed by atoms with van der Waals surface area (Å²) in [5.74, 6) is 1.07. The SMILES string of the molecule is CCCCNC(=O)N1CCN(CC(O)CNc2ccc(C(=N)N)cc2)CC1.CCCCNC(=O)N1CCN(CC2CN(c3ccc(-c4noc(C)n4)cc3)C(=O)O2)CC1. The number of amidine groups is 1. The number of benzene rings is 2. The van der Waals surface area contributed by atoms with Crippen LogP contribution in [-0.2, 0) is 4.74 Å². The van der Waals surface area contributed by atoms with Crippen molar-refractivity contribution in [2.24, 2.45) is 5.73 Å². The van der Waals surface area contributed by atoms with E-state index in [-0.39, 0.29) is 30.1 Å². The third kappa shape index (κ3) is 13.8. The van der Waals surface area contributed by atoms with Crippen molar-refractivity contribution in [2.75, 3.05) is 102 Å². The van der Waals surface area contributed by atoms with Gasteiger partial charge in [-0.05, 0) is 61.4 Å². The summed E-state index contributed by atoms with van der Waals surface area (Å²) in [6.45, 7) is 15.4. The molecule has 1 aromatic heterocycles. The Hall–Kier alpha value is -5.46. The number of urea groups is 2. The van der Waals surface area contributed by atoms with Crippen molar-refractivity contribution in [2.45, 2.75) is 58.7 Å². The first kappa shape index (κ1) is 44.6. The fraction of sp³-hybridized carbons (Fsp3) is 0.561. The standard InChI is InChI=1S/C22H30N6O4.C19H32N6O2/c1-3-4-9-23-21(29)27-12-10-26(11-13-27)14-19-15-28(22(30)31-19)18-7-5-17(6-8-18)20-24-16(2)32-25-20;1-2-3-8-22-19(27)25-11-9-24(10-12-25)14-17(26)13-23-16-6-4-15(5-7-16)18(20)21/h5-8,19H,3-4,9-15H2,1-2H3,(H,23,29);4-7,17,23,26H,2-3,8-14H2,1H3,(H3,20,21)(H,22,27). The molecule has 3 saturated heterocycles. The van der Waals surface area contributed by atoms with Gasteiger partial charge in [-0.3, -0.25) is 20.1 Å². The van der Waals surface area contributed by atoms with Gasteiger partial charge in [0, 0.05) is 115 Å². The van der Waals surface area contributed by atoms with E-state index in [9.17, 15) is 19.5 Å². The van der Waals surface area contributed by atoms with Crippen LogP contribution >= 0.6 is 0 Å². The number of nitrogens with zero attached hydrogens (tertiary/aromatic N) is 7. The van der Waals surface area contributed by atoms with Crippen LogP contribution in [0.15, 0.2) is 53.1 Å². The van der Waals surface area contributed by atoms with Crippen molar-refractivity contribution < 1.29 is 28.8 Å². The van der Waals surface area contributed by atoms with Gasteiger partial charge in [0.25, 0.3) is 0 Å². The van der Waals surface area contributed by atoms with Gasteiger partial charge in [-0.25, -0.2) is 14.4 Å². The van der Waals surface area contributed by atoms with Crippen molar-refractivity contribution in [3.63, 3.8) is 0 Å². The molecule has 322 valence electrons. The topological polar surface area (TPSA) is 222 Å². The number of carbonyl (C=O) groups is 3. The lowest BCUT2D eigenvalue weighted by Gasteiger charge is -2.35. The number of nitrogens with one attached hydrogen (secondary N) is 4. The van der Waals surface area contributed by atoms with E-state index in [2.05, 4.69) is 49.7 Å². The van der Waals surface area contributed by atoms with Crippen molar-refractivity contribution in [3.05, 3.63) is 60.0 Å². The normalized spacial score (nSPS) is 17.8. The molecule has 2 unspecified atom stereocenters. The molecule has 18 nitrogen and oxygen atoms in total. The first-order chi connectivity index (χ1) is 28.5. The maximum atomic E-state index is 12.4. The fourth-order valence-corrected chi connectivity index (χ4v) is 6.92. The highest BCUT2D eigenvalue weighted by molar-refractivity contribution is 5.95. The fourth-order valence-electron chi connectivity index (χ4n) is 6.92. The van der Waals surface area contributed by atoms with E-state index in [1.165, 1.54) is 0 Å². The Morgan fingerprint density at radius 1 is 0.881 bits per heavy atom. The number of aliphatic hydroxyl groups excluding tert-OH is 1. The number of β-amino-alcohol motifs (C(OH)–C–C–N with tert-alkyl or cyclic N) is 1. The summed E-state index contributed by atoms with van der Waals surface area (Å²) in [5.41, 5.74) is 8.60. The number of nitrogen functional groups attached to an aromatic ring is 1. The van der Waals surface area contributed by atoms with E-state index in [1.54, 1.807) is 24.0 Å². The smallest absolute Gasteiger partial charge is 0.414 e. The minimum Gasteiger partial charge on any atom is -0.443 e. The number of nitrogens with two attached hydrogens (primary N) is 1. The number of unbranched alkanes of at least 4 members (excludes halogenated alkanes) is 2. The minimum absolute atomic E-state index is 0.0102. The molecule has 59 heavy (non-hydrogen) atoms. The molecular weight excluding hydrogens is 757 g/mol. The minimum atomic E-state index is -0.498. The lowest BCUT2D eigenvalue weighted by Crippen LogP contribution is -2.53. The average Bonchev–Trinajstić information content (AvgIpc) is 3.85. The van der Waals surface area contributed by atoms with Crippen molar-refractivity contribution in [3.8, 4) is 11.4 Å². The average molecular weight is 819 g/mol. The van der Waals surface area contributed by atoms with Crippen molar-refractivity contribution in [1.29, 1.82) is 5.41 Å². The molecule has 3 aliphatic heterocycles. The molecule has 7 N–H and O–H groups in total. The van der Waals surface area contributed by atoms with E-state index < -0.39 is 6.10 Å². The van der Waals surface area contributed by atoms with Crippen LogP contribution in [0, 0.1) is 12.3 Å². The number of cyclic esters (lactones) is 1. The summed E-state index contributed by atoms with van der Waals surface area (Å²) in [7, 11) is 0. The molecule has 4 heterocycles. The number of anilines is 2. The second-order valence-corrected chi connectivity index (χ2v) is 15.1. The van der Waals surface area contributed by atoms with Crippen LogP contribution in [0.3, 0.4) is 0 Å². The highest BCUT2D eigenvalue weighted by Crippen LogP contribution is 2.25. The Labute approximate surface area is 346 Å². The van der Waals surface area contributed by atoms with Gasteiger partial charge in [-0.15, -0.1) is 0 Å². The van der Waals surface area contributed by atoms with Gasteiger partial charge in [0.15, 0.2) is 0 Å². The second-order valence-electron chi connectivity index (χ2n) is 15.1. The van der Waals surface area contributed by atoms with Gasteiger partial charge in [0.2, 0.25) is 11.7 Å². The van der Waals surface area contributed by atoms with Crippen LogP contribution in [-0.4, -0.2) is 163 Å². The number of carbonyl (C=O) groups excluding carboxylic acids is 3. The number of hydrogen-bond acceptors (Lipinski definition) is 12. The van der Waals surface area contributed by atoms with Crippen molar-refractivity contribution in [1.82, 2.24) is 40.4 Å². The van der Waals surface area contributed by atoms with Gasteiger partial charge in [-0.1, -0.05) is 31.8 Å². The molecule has 3 aromatic rings. The Kier molecular flexibility index (Phi) is 17.1. The molecule has 18 heteroatoms. The predicted molar refractivity (Wildman–Crippen MR) is 227 cm³/mol. The maximum absolute atomic E-state index is 12.4. The summed E-state index contributed by atoms with van der Waals surface area (Å²) >= 11 is 0. The van der Waals surface area contributed by atoms with E-state index in [0.717, 1.165) is 81.9 Å². The summed E-state index contributed by atoms with van der Waals surface area (Å²) in [6.07, 6.45) is 3.09. The number of aryl methyl sites for hydroxylation is 1. The van der Waals surface area contributed by atoms with Crippen molar-refractivity contribution >= 4 is 35.4 Å². The zero-order valence-corrected chi connectivity index (χ0v) is 34.7. The van der Waals surface area contributed by atoms with Crippen LogP contribution in [0.5, 0.6) is 0 Å². The monoisotopic (exact) mass is 818 g/mol. The summed E-state index contributed by atoms with van der Waals surface area (Å²) in [4.78, 5) is 50.7. The Morgan fingerprint density at radius 2 is 1.46 bits per heavy atom. The number of amides is 5. The second kappa shape index (κ2) is 22.6. The zero-order valence-electron chi connectivity index (χ0n) is 34.7. The van der Waals surface area contributed by atoms with Gasteiger partial charge < -0.3 is 45.9 Å². The number of aromatic nitrogens is 2. The number of aliphatic hydroxyl groups is 1. The predicted octanol–water partition coefficient (Wildman–Crippen LogP) is 3.37. The number of hydrogen-bond donors (Lipinski definition) is 6. The summed E-state index contributed by atoms with van der Waals surface area (Å²) in [5, 5.41) is 30.7. The van der Waals surface area contributed by atoms with Crippen LogP contribution in [0.2, 0.25) is 0 Å². The van der Waals surface area contributed by atoms with Crippen LogP contribution in [0.25, 0.3) is 11.4 Å². The third-order valence-electron chi connectivity index (χ3n) is 10.4. The lowest BCUT2D eigenvalue weighted by molar-refractivity contribution is 0.0843. The van der Waals surface area contributed by atoms with E-state index in [1.807, 2.05) is 46.2 Å². The van der Waals surface area contributed by atoms with E-state index in [0.29, 0.717) is 69.6 Å². The first-order valence-corrected chi connectivity index (χ1v) is 20.8. The van der Waals surface area contributed by atoms with Crippen LogP contribution in [0.1, 0.15) is 51.0 Å². The molecule has 5 amide bonds. The first-order valence-electron chi connectivity index (χ1n) is 20.8. The number of ether oxygens (including phenoxy) is 1. The van der Waals surface area contributed by atoms with E-state index in [4.69, 9.17) is 20.4 Å².